The van der Waals surface area contributed by atoms with E-state index in [-0.39, 0.29) is 16.3 Å². The Morgan fingerprint density at radius 1 is 1.09 bits per heavy atom. The summed E-state index contributed by atoms with van der Waals surface area (Å²) in [5.74, 6) is 1.54. The SMILES string of the molecule is CC(C)(C)n1nc([C@H]2CC[C@@H](O[Si](C)(C)C(C)(C)C)C2)cc1Nc1ccc2c(c1)CCS2(=O)=O. The van der Waals surface area contributed by atoms with Gasteiger partial charge in [-0.05, 0) is 88.3 Å². The molecule has 4 rings (SSSR count). The summed E-state index contributed by atoms with van der Waals surface area (Å²) in [4.78, 5) is 0.474. The first-order chi connectivity index (χ1) is 15.6. The number of nitrogens with zero attached hydrogens (tertiary/aromatic N) is 2. The summed E-state index contributed by atoms with van der Waals surface area (Å²) in [6, 6.07) is 7.74. The fourth-order valence-corrected chi connectivity index (χ4v) is 7.71. The minimum absolute atomic E-state index is 0.184. The Kier molecular flexibility index (Phi) is 6.35. The molecule has 1 N–H and O–H groups in total. The first kappa shape index (κ1) is 25.4. The lowest BCUT2D eigenvalue weighted by atomic mass is 10.0. The molecule has 1 aromatic carbocycles. The summed E-state index contributed by atoms with van der Waals surface area (Å²) in [6.07, 6.45) is 4.08. The summed E-state index contributed by atoms with van der Waals surface area (Å²) in [6.45, 7) is 18.0. The van der Waals surface area contributed by atoms with E-state index in [0.717, 1.165) is 42.0 Å². The van der Waals surface area contributed by atoms with Crippen molar-refractivity contribution in [3.8, 4) is 0 Å². The number of aromatic nitrogens is 2. The minimum Gasteiger partial charge on any atom is -0.414 e. The van der Waals surface area contributed by atoms with Crippen molar-refractivity contribution in [2.45, 2.75) is 108 Å². The van der Waals surface area contributed by atoms with Crippen LogP contribution in [0.1, 0.15) is 78.0 Å². The molecule has 1 saturated carbocycles. The van der Waals surface area contributed by atoms with E-state index < -0.39 is 18.2 Å². The van der Waals surface area contributed by atoms with Crippen molar-refractivity contribution in [3.05, 3.63) is 35.5 Å². The van der Waals surface area contributed by atoms with Gasteiger partial charge in [0.25, 0.3) is 0 Å². The second-order valence-electron chi connectivity index (χ2n) is 12.6. The molecule has 1 aromatic heterocycles. The number of aryl methyl sites for hydroxylation is 1. The molecule has 8 heteroatoms. The van der Waals surface area contributed by atoms with Crippen LogP contribution in [0.2, 0.25) is 18.1 Å². The van der Waals surface area contributed by atoms with Gasteiger partial charge in [0.2, 0.25) is 0 Å². The van der Waals surface area contributed by atoms with Gasteiger partial charge in [-0.25, -0.2) is 13.1 Å². The Morgan fingerprint density at radius 2 is 1.79 bits per heavy atom. The van der Waals surface area contributed by atoms with Crippen molar-refractivity contribution >= 4 is 29.7 Å². The summed E-state index contributed by atoms with van der Waals surface area (Å²) in [5.41, 5.74) is 2.73. The smallest absolute Gasteiger partial charge is 0.192 e. The highest BCUT2D eigenvalue weighted by molar-refractivity contribution is 7.91. The van der Waals surface area contributed by atoms with Gasteiger partial charge in [0.05, 0.1) is 21.9 Å². The van der Waals surface area contributed by atoms with Crippen LogP contribution in [0.5, 0.6) is 0 Å². The van der Waals surface area contributed by atoms with Crippen LogP contribution in [0.4, 0.5) is 11.5 Å². The van der Waals surface area contributed by atoms with Gasteiger partial charge in [0, 0.05) is 23.8 Å². The quantitative estimate of drug-likeness (QED) is 0.480. The van der Waals surface area contributed by atoms with Crippen LogP contribution < -0.4 is 5.32 Å². The molecule has 2 heterocycles. The number of benzene rings is 1. The molecule has 0 unspecified atom stereocenters. The number of rotatable bonds is 5. The molecular formula is C26H41N3O3SSi. The summed E-state index contributed by atoms with van der Waals surface area (Å²) in [5, 5.41) is 8.79. The maximum Gasteiger partial charge on any atom is 0.192 e. The van der Waals surface area contributed by atoms with E-state index in [2.05, 4.69) is 70.7 Å². The lowest BCUT2D eigenvalue weighted by Gasteiger charge is -2.38. The lowest BCUT2D eigenvalue weighted by Crippen LogP contribution is -2.43. The molecule has 1 fully saturated rings. The van der Waals surface area contributed by atoms with Crippen LogP contribution in [0.3, 0.4) is 0 Å². The van der Waals surface area contributed by atoms with Crippen LogP contribution >= 0.6 is 0 Å². The zero-order valence-corrected chi connectivity index (χ0v) is 23.8. The molecule has 0 amide bonds. The van der Waals surface area contributed by atoms with E-state index in [1.165, 1.54) is 0 Å². The van der Waals surface area contributed by atoms with E-state index in [0.29, 0.717) is 23.3 Å². The molecule has 1 aliphatic heterocycles. The average molecular weight is 504 g/mol. The zero-order valence-electron chi connectivity index (χ0n) is 22.0. The molecule has 2 atom stereocenters. The number of nitrogens with one attached hydrogen (secondary N) is 1. The predicted octanol–water partition coefficient (Wildman–Crippen LogP) is 6.37. The van der Waals surface area contributed by atoms with Crippen LogP contribution in [0.25, 0.3) is 0 Å². The number of hydrogen-bond acceptors (Lipinski definition) is 5. The van der Waals surface area contributed by atoms with E-state index in [4.69, 9.17) is 9.52 Å². The number of hydrogen-bond donors (Lipinski definition) is 1. The molecule has 0 radical (unpaired) electrons. The van der Waals surface area contributed by atoms with Gasteiger partial charge in [0.15, 0.2) is 18.2 Å². The Balaban J connectivity index is 1.55. The fourth-order valence-electron chi connectivity index (χ4n) is 4.77. The largest absolute Gasteiger partial charge is 0.414 e. The number of fused-ring (bicyclic) bond motifs is 1. The lowest BCUT2D eigenvalue weighted by molar-refractivity contribution is 0.186. The molecule has 6 nitrogen and oxygen atoms in total. The van der Waals surface area contributed by atoms with E-state index >= 15 is 0 Å². The molecule has 2 aliphatic rings. The molecule has 2 aromatic rings. The van der Waals surface area contributed by atoms with Crippen molar-refractivity contribution in [1.82, 2.24) is 9.78 Å². The van der Waals surface area contributed by atoms with Crippen molar-refractivity contribution < 1.29 is 12.8 Å². The fraction of sp³-hybridized carbons (Fsp3) is 0.654. The van der Waals surface area contributed by atoms with Crippen LogP contribution in [-0.4, -0.2) is 38.4 Å². The van der Waals surface area contributed by atoms with Crippen LogP contribution in [0, 0.1) is 0 Å². The van der Waals surface area contributed by atoms with Gasteiger partial charge in [-0.1, -0.05) is 20.8 Å². The molecule has 34 heavy (non-hydrogen) atoms. The third kappa shape index (κ3) is 5.00. The van der Waals surface area contributed by atoms with Crippen molar-refractivity contribution in [2.75, 3.05) is 11.1 Å². The van der Waals surface area contributed by atoms with Crippen molar-refractivity contribution in [3.63, 3.8) is 0 Å². The number of sulfone groups is 1. The monoisotopic (exact) mass is 503 g/mol. The first-order valence-corrected chi connectivity index (χ1v) is 17.0. The highest BCUT2D eigenvalue weighted by atomic mass is 32.2. The third-order valence-corrected chi connectivity index (χ3v) is 14.1. The van der Waals surface area contributed by atoms with Crippen LogP contribution in [0.15, 0.2) is 29.2 Å². The molecular weight excluding hydrogens is 462 g/mol. The summed E-state index contributed by atoms with van der Waals surface area (Å²) >= 11 is 0. The Hall–Kier alpha value is -1.64. The van der Waals surface area contributed by atoms with Gasteiger partial charge >= 0.3 is 0 Å². The highest BCUT2D eigenvalue weighted by Gasteiger charge is 2.41. The summed E-state index contributed by atoms with van der Waals surface area (Å²) < 4.78 is 33.1. The molecule has 188 valence electrons. The standard InChI is InChI=1S/C26H41N3O3SSi/c1-25(2,3)29-24(27-20-10-12-23-19(15-20)13-14-33(23,30)31)17-22(28-29)18-9-11-21(16-18)32-34(7,8)26(4,5)6/h10,12,15,17-18,21,27H,9,11,13-14,16H2,1-8H3/t18-,21+/m0/s1. The minimum atomic E-state index is -3.12. The van der Waals surface area contributed by atoms with Gasteiger partial charge in [-0.2, -0.15) is 5.10 Å². The van der Waals surface area contributed by atoms with Gasteiger partial charge in [0.1, 0.15) is 5.82 Å². The topological polar surface area (TPSA) is 73.2 Å². The first-order valence-electron chi connectivity index (χ1n) is 12.5. The van der Waals surface area contributed by atoms with E-state index in [1.54, 1.807) is 6.07 Å². The predicted molar refractivity (Wildman–Crippen MR) is 141 cm³/mol. The normalized spacial score (nSPS) is 22.7. The Bertz CT molecular complexity index is 1170. The van der Waals surface area contributed by atoms with E-state index in [9.17, 15) is 8.42 Å². The highest BCUT2D eigenvalue weighted by Crippen LogP contribution is 2.43. The van der Waals surface area contributed by atoms with Crippen molar-refractivity contribution in [2.24, 2.45) is 0 Å². The Labute approximate surface area is 206 Å². The summed E-state index contributed by atoms with van der Waals surface area (Å²) in [7, 11) is -4.90. The second-order valence-corrected chi connectivity index (χ2v) is 19.4. The third-order valence-electron chi connectivity index (χ3n) is 7.74. The maximum atomic E-state index is 12.2. The maximum absolute atomic E-state index is 12.2. The Morgan fingerprint density at radius 3 is 2.44 bits per heavy atom. The second kappa shape index (κ2) is 8.49. The zero-order chi connectivity index (χ0) is 25.1. The van der Waals surface area contributed by atoms with E-state index in [1.807, 2.05) is 12.1 Å². The molecule has 0 spiro atoms. The molecule has 0 saturated heterocycles. The molecule has 0 bridgehead atoms. The van der Waals surface area contributed by atoms with Crippen LogP contribution in [-0.2, 0) is 26.2 Å². The number of anilines is 2. The van der Waals surface area contributed by atoms with Crippen molar-refractivity contribution in [1.29, 1.82) is 0 Å². The van der Waals surface area contributed by atoms with Gasteiger partial charge < -0.3 is 9.74 Å². The van der Waals surface area contributed by atoms with Gasteiger partial charge in [-0.3, -0.25) is 0 Å². The average Bonchev–Trinajstić information content (AvgIpc) is 3.38. The molecule has 1 aliphatic carbocycles. The van der Waals surface area contributed by atoms with Gasteiger partial charge in [-0.15, -0.1) is 0 Å².